The third kappa shape index (κ3) is 3.71. The average molecular weight is 317 g/mol. The molecule has 1 aromatic heterocycles. The van der Waals surface area contributed by atoms with E-state index in [2.05, 4.69) is 28.6 Å². The maximum atomic E-state index is 12.1. The Morgan fingerprint density at radius 3 is 2.45 bits per heavy atom. The van der Waals surface area contributed by atoms with Crippen LogP contribution in [0.3, 0.4) is 0 Å². The van der Waals surface area contributed by atoms with Crippen molar-refractivity contribution in [3.63, 3.8) is 0 Å². The second kappa shape index (κ2) is 8.03. The van der Waals surface area contributed by atoms with Gasteiger partial charge in [-0.05, 0) is 26.3 Å². The summed E-state index contributed by atoms with van der Waals surface area (Å²) in [5, 5.41) is 0.904. The van der Waals surface area contributed by atoms with Gasteiger partial charge < -0.3 is 9.47 Å². The second-order valence-corrected chi connectivity index (χ2v) is 5.83. The van der Waals surface area contributed by atoms with Crippen LogP contribution in [0.4, 0.5) is 0 Å². The van der Waals surface area contributed by atoms with E-state index in [0.717, 1.165) is 36.0 Å². The predicted octanol–water partition coefficient (Wildman–Crippen LogP) is 3.53. The predicted molar refractivity (Wildman–Crippen MR) is 92.0 cm³/mol. The summed E-state index contributed by atoms with van der Waals surface area (Å²) < 4.78 is 2.16. The highest BCUT2D eigenvalue weighted by atomic mass is 32.2. The van der Waals surface area contributed by atoms with Crippen LogP contribution in [0.1, 0.15) is 20.8 Å². The molecule has 4 nitrogen and oxygen atoms in total. The van der Waals surface area contributed by atoms with Gasteiger partial charge in [0.2, 0.25) is 5.91 Å². The quantitative estimate of drug-likeness (QED) is 0.733. The van der Waals surface area contributed by atoms with E-state index in [4.69, 9.17) is 0 Å². The Kier molecular flexibility index (Phi) is 6.07. The molecule has 1 amide bonds. The van der Waals surface area contributed by atoms with E-state index in [-0.39, 0.29) is 5.91 Å². The van der Waals surface area contributed by atoms with Gasteiger partial charge in [-0.25, -0.2) is 4.98 Å². The van der Waals surface area contributed by atoms with Gasteiger partial charge in [0.15, 0.2) is 5.16 Å². The molecule has 2 rings (SSSR count). The number of imidazole rings is 1. The fourth-order valence-corrected chi connectivity index (χ4v) is 3.36. The Morgan fingerprint density at radius 1 is 1.18 bits per heavy atom. The molecule has 0 unspecified atom stereocenters. The molecule has 2 aromatic rings. The van der Waals surface area contributed by atoms with Crippen LogP contribution in [0, 0.1) is 0 Å². The molecule has 0 N–H and O–H groups in total. The first-order valence-corrected chi connectivity index (χ1v) is 8.71. The lowest BCUT2D eigenvalue weighted by Crippen LogP contribution is -2.31. The van der Waals surface area contributed by atoms with E-state index in [1.54, 1.807) is 0 Å². The maximum absolute atomic E-state index is 12.1. The smallest absolute Gasteiger partial charge is 0.233 e. The molecule has 0 aliphatic rings. The third-order valence-corrected chi connectivity index (χ3v) is 4.62. The highest BCUT2D eigenvalue weighted by molar-refractivity contribution is 7.99. The minimum absolute atomic E-state index is 0.168. The molecule has 5 heteroatoms. The summed E-state index contributed by atoms with van der Waals surface area (Å²) in [4.78, 5) is 18.5. The van der Waals surface area contributed by atoms with Crippen molar-refractivity contribution in [1.29, 1.82) is 0 Å². The molecule has 0 radical (unpaired) electrons. The Balaban J connectivity index is 2.13. The zero-order valence-electron chi connectivity index (χ0n) is 13.5. The number of benzene rings is 1. The third-order valence-electron chi connectivity index (χ3n) is 3.65. The number of nitrogens with zero attached hydrogens (tertiary/aromatic N) is 3. The van der Waals surface area contributed by atoms with Gasteiger partial charge in [0.25, 0.3) is 0 Å². The summed E-state index contributed by atoms with van der Waals surface area (Å²) in [6.07, 6.45) is 1.89. The van der Waals surface area contributed by atoms with Gasteiger partial charge in [-0.3, -0.25) is 4.79 Å². The van der Waals surface area contributed by atoms with Crippen molar-refractivity contribution in [1.82, 2.24) is 14.5 Å². The molecule has 0 bridgehead atoms. The number of amides is 1. The van der Waals surface area contributed by atoms with Crippen LogP contribution in [0.2, 0.25) is 0 Å². The molecular weight excluding hydrogens is 294 g/mol. The Morgan fingerprint density at radius 2 is 1.86 bits per heavy atom. The van der Waals surface area contributed by atoms with E-state index in [1.165, 1.54) is 11.8 Å². The number of hydrogen-bond donors (Lipinski definition) is 0. The van der Waals surface area contributed by atoms with Crippen molar-refractivity contribution >= 4 is 17.7 Å². The van der Waals surface area contributed by atoms with E-state index in [0.29, 0.717) is 5.75 Å². The molecule has 1 aromatic carbocycles. The molecule has 0 aliphatic carbocycles. The Hall–Kier alpha value is -1.75. The van der Waals surface area contributed by atoms with Crippen LogP contribution in [0.15, 0.2) is 41.7 Å². The van der Waals surface area contributed by atoms with Gasteiger partial charge in [0, 0.05) is 19.6 Å². The molecular formula is C17H23N3OS. The van der Waals surface area contributed by atoms with Gasteiger partial charge in [-0.1, -0.05) is 42.1 Å². The molecule has 1 heterocycles. The molecule has 0 fully saturated rings. The SMILES string of the molecule is CCN(CC)C(=O)CSc1ncc(-c2ccccc2)n1CC. The highest BCUT2D eigenvalue weighted by Gasteiger charge is 2.14. The zero-order chi connectivity index (χ0) is 15.9. The van der Waals surface area contributed by atoms with Crippen molar-refractivity contribution < 1.29 is 4.79 Å². The van der Waals surface area contributed by atoms with Gasteiger partial charge in [0.1, 0.15) is 0 Å². The van der Waals surface area contributed by atoms with Gasteiger partial charge in [-0.2, -0.15) is 0 Å². The van der Waals surface area contributed by atoms with Crippen LogP contribution in [0.5, 0.6) is 0 Å². The number of carbonyl (C=O) groups excluding carboxylic acids is 1. The number of rotatable bonds is 7. The summed E-state index contributed by atoms with van der Waals surface area (Å²) in [5.41, 5.74) is 2.25. The Bertz CT molecular complexity index is 606. The van der Waals surface area contributed by atoms with Crippen LogP contribution in [0.25, 0.3) is 11.3 Å². The summed E-state index contributed by atoms with van der Waals surface area (Å²) in [6.45, 7) is 8.47. The number of carbonyl (C=O) groups is 1. The molecule has 0 aliphatic heterocycles. The number of hydrogen-bond acceptors (Lipinski definition) is 3. The van der Waals surface area contributed by atoms with Gasteiger partial charge in [0.05, 0.1) is 17.6 Å². The first kappa shape index (κ1) is 16.6. The summed E-state index contributed by atoms with van der Waals surface area (Å²) in [6, 6.07) is 10.2. The lowest BCUT2D eigenvalue weighted by atomic mass is 10.2. The van der Waals surface area contributed by atoms with Gasteiger partial charge >= 0.3 is 0 Å². The summed E-state index contributed by atoms with van der Waals surface area (Å²) in [7, 11) is 0. The number of thioether (sulfide) groups is 1. The van der Waals surface area contributed by atoms with Crippen molar-refractivity contribution in [2.75, 3.05) is 18.8 Å². The molecule has 22 heavy (non-hydrogen) atoms. The molecule has 0 spiro atoms. The van der Waals surface area contributed by atoms with E-state index >= 15 is 0 Å². The molecule has 0 saturated carbocycles. The monoisotopic (exact) mass is 317 g/mol. The van der Waals surface area contributed by atoms with Crippen molar-refractivity contribution in [3.05, 3.63) is 36.5 Å². The lowest BCUT2D eigenvalue weighted by Gasteiger charge is -2.18. The average Bonchev–Trinajstić information content (AvgIpc) is 2.97. The second-order valence-electron chi connectivity index (χ2n) is 4.89. The van der Waals surface area contributed by atoms with E-state index in [9.17, 15) is 4.79 Å². The topological polar surface area (TPSA) is 38.1 Å². The van der Waals surface area contributed by atoms with Crippen LogP contribution >= 0.6 is 11.8 Å². The highest BCUT2D eigenvalue weighted by Crippen LogP contribution is 2.26. The van der Waals surface area contributed by atoms with E-state index < -0.39 is 0 Å². The lowest BCUT2D eigenvalue weighted by molar-refractivity contribution is -0.127. The maximum Gasteiger partial charge on any atom is 0.233 e. The molecule has 118 valence electrons. The minimum Gasteiger partial charge on any atom is -0.343 e. The standard InChI is InChI=1S/C17H23N3OS/c1-4-19(5-2)16(21)13-22-17-18-12-15(20(17)6-3)14-10-8-7-9-11-14/h7-12H,4-6,13H2,1-3H3. The largest absolute Gasteiger partial charge is 0.343 e. The van der Waals surface area contributed by atoms with Crippen LogP contribution in [-0.4, -0.2) is 39.2 Å². The van der Waals surface area contributed by atoms with Crippen molar-refractivity contribution in [2.45, 2.75) is 32.5 Å². The Labute approximate surface area is 136 Å². The first-order chi connectivity index (χ1) is 10.7. The number of aromatic nitrogens is 2. The normalized spacial score (nSPS) is 10.7. The first-order valence-electron chi connectivity index (χ1n) is 7.72. The fourth-order valence-electron chi connectivity index (χ4n) is 2.41. The van der Waals surface area contributed by atoms with E-state index in [1.807, 2.05) is 43.1 Å². The summed E-state index contributed by atoms with van der Waals surface area (Å²) >= 11 is 1.51. The van der Waals surface area contributed by atoms with Gasteiger partial charge in [-0.15, -0.1) is 0 Å². The fraction of sp³-hybridized carbons (Fsp3) is 0.412. The zero-order valence-corrected chi connectivity index (χ0v) is 14.3. The molecule has 0 atom stereocenters. The van der Waals surface area contributed by atoms with Crippen LogP contribution < -0.4 is 0 Å². The molecule has 0 saturated heterocycles. The van der Waals surface area contributed by atoms with Crippen molar-refractivity contribution in [2.24, 2.45) is 0 Å². The van der Waals surface area contributed by atoms with Crippen LogP contribution in [-0.2, 0) is 11.3 Å². The van der Waals surface area contributed by atoms with Crippen molar-refractivity contribution in [3.8, 4) is 11.3 Å². The summed E-state index contributed by atoms with van der Waals surface area (Å²) in [5.74, 6) is 0.606. The minimum atomic E-state index is 0.168.